The molecule has 92 valence electrons. The minimum atomic E-state index is -0.293. The van der Waals surface area contributed by atoms with Gasteiger partial charge < -0.3 is 16.0 Å². The molecule has 1 amide bonds. The molecule has 1 atom stereocenters. The highest BCUT2D eigenvalue weighted by atomic mass is 16.1. The van der Waals surface area contributed by atoms with E-state index in [2.05, 4.69) is 15.3 Å². The van der Waals surface area contributed by atoms with Gasteiger partial charge in [0.2, 0.25) is 5.91 Å². The van der Waals surface area contributed by atoms with Crippen LogP contribution in [-0.4, -0.2) is 35.0 Å². The second-order valence-corrected chi connectivity index (χ2v) is 4.05. The van der Waals surface area contributed by atoms with Crippen LogP contribution in [0.15, 0.2) is 12.4 Å². The average Bonchev–Trinajstić information content (AvgIpc) is 2.79. The van der Waals surface area contributed by atoms with Gasteiger partial charge in [-0.15, -0.1) is 0 Å². The molecule has 6 nitrogen and oxygen atoms in total. The van der Waals surface area contributed by atoms with Crippen molar-refractivity contribution >= 4 is 17.5 Å². The molecule has 17 heavy (non-hydrogen) atoms. The third-order valence-electron chi connectivity index (χ3n) is 2.86. The van der Waals surface area contributed by atoms with Crippen molar-refractivity contribution in [3.05, 3.63) is 12.4 Å². The zero-order valence-corrected chi connectivity index (χ0v) is 9.89. The van der Waals surface area contributed by atoms with Crippen molar-refractivity contribution in [1.29, 1.82) is 0 Å². The molecule has 0 bridgehead atoms. The summed E-state index contributed by atoms with van der Waals surface area (Å²) in [6.45, 7) is 3.59. The lowest BCUT2D eigenvalue weighted by Crippen LogP contribution is -2.40. The summed E-state index contributed by atoms with van der Waals surface area (Å²) in [7, 11) is 0. The van der Waals surface area contributed by atoms with Crippen molar-refractivity contribution in [3.63, 3.8) is 0 Å². The lowest BCUT2D eigenvalue weighted by molar-refractivity contribution is -0.119. The largest absolute Gasteiger partial charge is 0.369 e. The number of aromatic nitrogens is 2. The summed E-state index contributed by atoms with van der Waals surface area (Å²) in [6.07, 6.45) is 5.09. The molecule has 1 aromatic rings. The van der Waals surface area contributed by atoms with Crippen molar-refractivity contribution in [2.24, 2.45) is 5.73 Å². The van der Waals surface area contributed by atoms with Gasteiger partial charge in [-0.25, -0.2) is 4.98 Å². The molecule has 0 aromatic carbocycles. The molecule has 3 N–H and O–H groups in total. The SMILES string of the molecule is CCNc1cncc(N2CCCC2C(N)=O)n1. The molecule has 1 aliphatic heterocycles. The fourth-order valence-corrected chi connectivity index (χ4v) is 2.10. The van der Waals surface area contributed by atoms with Crippen LogP contribution in [0.2, 0.25) is 0 Å². The third kappa shape index (κ3) is 2.46. The van der Waals surface area contributed by atoms with Crippen molar-refractivity contribution in [2.45, 2.75) is 25.8 Å². The monoisotopic (exact) mass is 235 g/mol. The standard InChI is InChI=1S/C11H17N5O/c1-2-14-9-6-13-7-10(15-9)16-5-3-4-8(16)11(12)17/h6-8H,2-5H2,1H3,(H2,12,17)(H,14,15). The number of rotatable bonds is 4. The van der Waals surface area contributed by atoms with Gasteiger partial charge in [-0.05, 0) is 19.8 Å². The summed E-state index contributed by atoms with van der Waals surface area (Å²) in [5.41, 5.74) is 5.38. The zero-order valence-electron chi connectivity index (χ0n) is 9.89. The number of primary amides is 1. The van der Waals surface area contributed by atoms with Crippen molar-refractivity contribution in [2.75, 3.05) is 23.3 Å². The fourth-order valence-electron chi connectivity index (χ4n) is 2.10. The summed E-state index contributed by atoms with van der Waals surface area (Å²) >= 11 is 0. The predicted octanol–water partition coefficient (Wildman–Crippen LogP) is 0.362. The van der Waals surface area contributed by atoms with Crippen LogP contribution >= 0.6 is 0 Å². The minimum Gasteiger partial charge on any atom is -0.369 e. The number of anilines is 2. The smallest absolute Gasteiger partial charge is 0.240 e. The topological polar surface area (TPSA) is 84.1 Å². The van der Waals surface area contributed by atoms with E-state index in [0.717, 1.165) is 31.7 Å². The van der Waals surface area contributed by atoms with Crippen LogP contribution < -0.4 is 16.0 Å². The van der Waals surface area contributed by atoms with E-state index in [1.807, 2.05) is 11.8 Å². The highest BCUT2D eigenvalue weighted by Crippen LogP contribution is 2.23. The Morgan fingerprint density at radius 3 is 3.18 bits per heavy atom. The number of carbonyl (C=O) groups is 1. The van der Waals surface area contributed by atoms with E-state index in [0.29, 0.717) is 5.82 Å². The Hall–Kier alpha value is -1.85. The summed E-state index contributed by atoms with van der Waals surface area (Å²) in [5.74, 6) is 1.14. The maximum atomic E-state index is 11.3. The second kappa shape index (κ2) is 4.99. The zero-order chi connectivity index (χ0) is 12.3. The van der Waals surface area contributed by atoms with Crippen LogP contribution in [0.25, 0.3) is 0 Å². The molecule has 1 saturated heterocycles. The van der Waals surface area contributed by atoms with Gasteiger partial charge in [0.05, 0.1) is 12.4 Å². The number of hydrogen-bond donors (Lipinski definition) is 2. The molecular formula is C11H17N5O. The first-order chi connectivity index (χ1) is 8.22. The number of nitrogens with zero attached hydrogens (tertiary/aromatic N) is 3. The quantitative estimate of drug-likeness (QED) is 0.787. The van der Waals surface area contributed by atoms with E-state index in [4.69, 9.17) is 5.73 Å². The van der Waals surface area contributed by atoms with E-state index in [1.165, 1.54) is 0 Å². The summed E-state index contributed by atoms with van der Waals surface area (Å²) in [6, 6.07) is -0.249. The van der Waals surface area contributed by atoms with Crippen molar-refractivity contribution in [3.8, 4) is 0 Å². The summed E-state index contributed by atoms with van der Waals surface area (Å²) in [5, 5.41) is 3.10. The molecule has 1 unspecified atom stereocenters. The van der Waals surface area contributed by atoms with E-state index in [1.54, 1.807) is 12.4 Å². The Kier molecular flexibility index (Phi) is 3.41. The van der Waals surface area contributed by atoms with Gasteiger partial charge in [-0.3, -0.25) is 9.78 Å². The van der Waals surface area contributed by atoms with Crippen molar-refractivity contribution < 1.29 is 4.79 Å². The molecule has 1 aromatic heterocycles. The van der Waals surface area contributed by atoms with Gasteiger partial charge in [0.15, 0.2) is 0 Å². The number of carbonyl (C=O) groups excluding carboxylic acids is 1. The van der Waals surface area contributed by atoms with Gasteiger partial charge >= 0.3 is 0 Å². The minimum absolute atomic E-state index is 0.249. The first-order valence-electron chi connectivity index (χ1n) is 5.84. The molecule has 2 rings (SSSR count). The number of nitrogens with one attached hydrogen (secondary N) is 1. The van der Waals surface area contributed by atoms with Crippen LogP contribution in [0.4, 0.5) is 11.6 Å². The molecule has 1 fully saturated rings. The maximum absolute atomic E-state index is 11.3. The summed E-state index contributed by atoms with van der Waals surface area (Å²) in [4.78, 5) is 21.8. The van der Waals surface area contributed by atoms with E-state index in [-0.39, 0.29) is 11.9 Å². The predicted molar refractivity (Wildman–Crippen MR) is 65.8 cm³/mol. The molecule has 2 heterocycles. The molecule has 0 spiro atoms. The Balaban J connectivity index is 2.21. The Morgan fingerprint density at radius 1 is 1.65 bits per heavy atom. The van der Waals surface area contributed by atoms with Crippen LogP contribution in [-0.2, 0) is 4.79 Å². The Bertz CT molecular complexity index is 409. The van der Waals surface area contributed by atoms with Crippen LogP contribution in [0.3, 0.4) is 0 Å². The first kappa shape index (κ1) is 11.6. The van der Waals surface area contributed by atoms with E-state index in [9.17, 15) is 4.79 Å². The highest BCUT2D eigenvalue weighted by Gasteiger charge is 2.30. The van der Waals surface area contributed by atoms with Gasteiger partial charge in [-0.1, -0.05) is 0 Å². The van der Waals surface area contributed by atoms with Crippen LogP contribution in [0, 0.1) is 0 Å². The molecule has 6 heteroatoms. The summed E-state index contributed by atoms with van der Waals surface area (Å²) < 4.78 is 0. The van der Waals surface area contributed by atoms with E-state index >= 15 is 0 Å². The Labute approximate surface area is 100 Å². The Morgan fingerprint density at radius 2 is 2.47 bits per heavy atom. The number of hydrogen-bond acceptors (Lipinski definition) is 5. The van der Waals surface area contributed by atoms with Gasteiger partial charge in [0, 0.05) is 13.1 Å². The molecule has 0 aliphatic carbocycles. The highest BCUT2D eigenvalue weighted by molar-refractivity contribution is 5.83. The lowest BCUT2D eigenvalue weighted by atomic mass is 10.2. The van der Waals surface area contributed by atoms with Gasteiger partial charge in [0.25, 0.3) is 0 Å². The lowest BCUT2D eigenvalue weighted by Gasteiger charge is -2.23. The van der Waals surface area contributed by atoms with Gasteiger partial charge in [0.1, 0.15) is 17.7 Å². The average molecular weight is 235 g/mol. The number of nitrogens with two attached hydrogens (primary N) is 1. The van der Waals surface area contributed by atoms with E-state index < -0.39 is 0 Å². The molecule has 1 aliphatic rings. The third-order valence-corrected chi connectivity index (χ3v) is 2.86. The molecular weight excluding hydrogens is 218 g/mol. The fraction of sp³-hybridized carbons (Fsp3) is 0.545. The molecule has 0 saturated carbocycles. The van der Waals surface area contributed by atoms with Gasteiger partial charge in [-0.2, -0.15) is 0 Å². The number of amides is 1. The normalized spacial score (nSPS) is 19.4. The second-order valence-electron chi connectivity index (χ2n) is 4.05. The van der Waals surface area contributed by atoms with Crippen LogP contribution in [0.5, 0.6) is 0 Å². The maximum Gasteiger partial charge on any atom is 0.240 e. The molecule has 0 radical (unpaired) electrons. The first-order valence-corrected chi connectivity index (χ1v) is 5.84. The van der Waals surface area contributed by atoms with Crippen LogP contribution in [0.1, 0.15) is 19.8 Å². The van der Waals surface area contributed by atoms with Crippen molar-refractivity contribution in [1.82, 2.24) is 9.97 Å².